The Morgan fingerprint density at radius 3 is 2.94 bits per heavy atom. The fourth-order valence-electron chi connectivity index (χ4n) is 1.62. The number of nitriles is 1. The molecule has 1 amide bonds. The second kappa shape index (κ2) is 4.88. The van der Waals surface area contributed by atoms with E-state index in [0.717, 1.165) is 18.4 Å². The van der Waals surface area contributed by atoms with Crippen LogP contribution in [-0.4, -0.2) is 13.0 Å². The molecular weight excluding hydrogens is 216 g/mol. The van der Waals surface area contributed by atoms with E-state index in [2.05, 4.69) is 11.4 Å². The van der Waals surface area contributed by atoms with E-state index in [4.69, 9.17) is 10.00 Å². The van der Waals surface area contributed by atoms with Crippen molar-refractivity contribution in [3.63, 3.8) is 0 Å². The molecule has 1 aliphatic carbocycles. The largest absolute Gasteiger partial charge is 0.497 e. The summed E-state index contributed by atoms with van der Waals surface area (Å²) in [7, 11) is 1.57. The summed E-state index contributed by atoms with van der Waals surface area (Å²) in [5.41, 5.74) is 0.751. The molecule has 17 heavy (non-hydrogen) atoms. The summed E-state index contributed by atoms with van der Waals surface area (Å²) in [4.78, 5) is 11.6. The van der Waals surface area contributed by atoms with Crippen molar-refractivity contribution in [2.75, 3.05) is 7.11 Å². The zero-order valence-electron chi connectivity index (χ0n) is 9.64. The maximum atomic E-state index is 11.6. The molecule has 1 aliphatic rings. The second-order valence-corrected chi connectivity index (χ2v) is 4.12. The summed E-state index contributed by atoms with van der Waals surface area (Å²) >= 11 is 0. The Hall–Kier alpha value is -2.02. The SMILES string of the molecule is COc1cccc(C(C#N)NC(=O)C2CC2)c1. The number of methoxy groups -OCH3 is 1. The monoisotopic (exact) mass is 230 g/mol. The Kier molecular flexibility index (Phi) is 3.29. The maximum absolute atomic E-state index is 11.6. The van der Waals surface area contributed by atoms with E-state index >= 15 is 0 Å². The highest BCUT2D eigenvalue weighted by atomic mass is 16.5. The van der Waals surface area contributed by atoms with Gasteiger partial charge in [0.1, 0.15) is 11.8 Å². The number of nitrogens with one attached hydrogen (secondary N) is 1. The van der Waals surface area contributed by atoms with E-state index in [0.29, 0.717) is 5.75 Å². The summed E-state index contributed by atoms with van der Waals surface area (Å²) in [5.74, 6) is 0.763. The molecule has 0 saturated heterocycles. The van der Waals surface area contributed by atoms with Gasteiger partial charge in [-0.25, -0.2) is 0 Å². The first kappa shape index (κ1) is 11.5. The summed E-state index contributed by atoms with van der Waals surface area (Å²) in [6.45, 7) is 0. The summed E-state index contributed by atoms with van der Waals surface area (Å²) in [6.07, 6.45) is 1.87. The molecule has 1 saturated carbocycles. The third-order valence-electron chi connectivity index (χ3n) is 2.79. The highest BCUT2D eigenvalue weighted by Gasteiger charge is 2.31. The molecule has 1 atom stereocenters. The van der Waals surface area contributed by atoms with Gasteiger partial charge in [0, 0.05) is 5.92 Å². The predicted molar refractivity (Wildman–Crippen MR) is 62.2 cm³/mol. The van der Waals surface area contributed by atoms with Gasteiger partial charge in [0.05, 0.1) is 13.2 Å². The lowest BCUT2D eigenvalue weighted by Gasteiger charge is -2.12. The van der Waals surface area contributed by atoms with Crippen molar-refractivity contribution in [2.45, 2.75) is 18.9 Å². The Bertz CT molecular complexity index is 461. The maximum Gasteiger partial charge on any atom is 0.224 e. The average Bonchev–Trinajstić information content (AvgIpc) is 3.20. The normalized spacial score (nSPS) is 15.8. The highest BCUT2D eigenvalue weighted by Crippen LogP contribution is 2.30. The second-order valence-electron chi connectivity index (χ2n) is 4.12. The molecule has 0 bridgehead atoms. The van der Waals surface area contributed by atoms with Crippen molar-refractivity contribution in [2.24, 2.45) is 5.92 Å². The smallest absolute Gasteiger partial charge is 0.224 e. The molecule has 0 aromatic heterocycles. The predicted octanol–water partition coefficient (Wildman–Crippen LogP) is 1.79. The zero-order valence-corrected chi connectivity index (χ0v) is 9.64. The van der Waals surface area contributed by atoms with Crippen LogP contribution in [0, 0.1) is 17.2 Å². The van der Waals surface area contributed by atoms with Crippen molar-refractivity contribution in [1.82, 2.24) is 5.32 Å². The van der Waals surface area contributed by atoms with Crippen LogP contribution < -0.4 is 10.1 Å². The molecule has 4 nitrogen and oxygen atoms in total. The van der Waals surface area contributed by atoms with E-state index in [9.17, 15) is 4.79 Å². The summed E-state index contributed by atoms with van der Waals surface area (Å²) < 4.78 is 5.09. The number of ether oxygens (including phenoxy) is 1. The van der Waals surface area contributed by atoms with Gasteiger partial charge in [0.2, 0.25) is 5.91 Å². The van der Waals surface area contributed by atoms with Gasteiger partial charge in [-0.3, -0.25) is 4.79 Å². The van der Waals surface area contributed by atoms with Crippen molar-refractivity contribution in [1.29, 1.82) is 5.26 Å². The van der Waals surface area contributed by atoms with E-state index in [1.807, 2.05) is 12.1 Å². The Balaban J connectivity index is 2.11. The van der Waals surface area contributed by atoms with Crippen LogP contribution in [0.5, 0.6) is 5.75 Å². The average molecular weight is 230 g/mol. The lowest BCUT2D eigenvalue weighted by Crippen LogP contribution is -2.28. The number of carbonyl (C=O) groups is 1. The van der Waals surface area contributed by atoms with Crippen LogP contribution in [0.15, 0.2) is 24.3 Å². The zero-order chi connectivity index (χ0) is 12.3. The molecule has 0 aliphatic heterocycles. The molecule has 0 heterocycles. The molecule has 1 aromatic carbocycles. The lowest BCUT2D eigenvalue weighted by atomic mass is 10.1. The number of nitrogens with zero attached hydrogens (tertiary/aromatic N) is 1. The van der Waals surface area contributed by atoms with Crippen LogP contribution in [0.3, 0.4) is 0 Å². The van der Waals surface area contributed by atoms with Gasteiger partial charge >= 0.3 is 0 Å². The van der Waals surface area contributed by atoms with E-state index in [1.165, 1.54) is 0 Å². The molecule has 0 spiro atoms. The fraction of sp³-hybridized carbons (Fsp3) is 0.385. The van der Waals surface area contributed by atoms with Crippen molar-refractivity contribution in [3.8, 4) is 11.8 Å². The molecule has 88 valence electrons. The van der Waals surface area contributed by atoms with Gasteiger partial charge in [-0.2, -0.15) is 5.26 Å². The number of amides is 1. The standard InChI is InChI=1S/C13H14N2O2/c1-17-11-4-2-3-10(7-11)12(8-14)15-13(16)9-5-6-9/h2-4,7,9,12H,5-6H2,1H3,(H,15,16). The lowest BCUT2D eigenvalue weighted by molar-refractivity contribution is -0.122. The van der Waals surface area contributed by atoms with Crippen molar-refractivity contribution < 1.29 is 9.53 Å². The van der Waals surface area contributed by atoms with Gasteiger partial charge < -0.3 is 10.1 Å². The summed E-state index contributed by atoms with van der Waals surface area (Å²) in [5, 5.41) is 11.8. The first-order chi connectivity index (χ1) is 8.24. The molecule has 1 fully saturated rings. The molecule has 0 radical (unpaired) electrons. The Morgan fingerprint density at radius 1 is 1.59 bits per heavy atom. The number of rotatable bonds is 4. The van der Waals surface area contributed by atoms with Gasteiger partial charge in [0.15, 0.2) is 0 Å². The van der Waals surface area contributed by atoms with Gasteiger partial charge in [-0.05, 0) is 30.5 Å². The number of hydrogen-bond acceptors (Lipinski definition) is 3. The number of benzene rings is 1. The van der Waals surface area contributed by atoms with Gasteiger partial charge in [-0.1, -0.05) is 12.1 Å². The van der Waals surface area contributed by atoms with E-state index in [-0.39, 0.29) is 11.8 Å². The highest BCUT2D eigenvalue weighted by molar-refractivity contribution is 5.81. The molecule has 1 unspecified atom stereocenters. The Morgan fingerprint density at radius 2 is 2.35 bits per heavy atom. The van der Waals surface area contributed by atoms with E-state index in [1.54, 1.807) is 19.2 Å². The van der Waals surface area contributed by atoms with Crippen LogP contribution in [0.1, 0.15) is 24.4 Å². The molecule has 4 heteroatoms. The minimum Gasteiger partial charge on any atom is -0.497 e. The minimum absolute atomic E-state index is 0.0284. The topological polar surface area (TPSA) is 62.1 Å². The van der Waals surface area contributed by atoms with Crippen LogP contribution in [0.2, 0.25) is 0 Å². The first-order valence-corrected chi connectivity index (χ1v) is 5.58. The van der Waals surface area contributed by atoms with Gasteiger partial charge in [-0.15, -0.1) is 0 Å². The van der Waals surface area contributed by atoms with Crippen molar-refractivity contribution in [3.05, 3.63) is 29.8 Å². The Labute approximate surface area is 100 Å². The van der Waals surface area contributed by atoms with Crippen LogP contribution in [-0.2, 0) is 4.79 Å². The fourth-order valence-corrected chi connectivity index (χ4v) is 1.62. The quantitative estimate of drug-likeness (QED) is 0.857. The molecule has 2 rings (SSSR count). The number of hydrogen-bond donors (Lipinski definition) is 1. The van der Waals surface area contributed by atoms with E-state index < -0.39 is 6.04 Å². The van der Waals surface area contributed by atoms with Crippen molar-refractivity contribution >= 4 is 5.91 Å². The molecule has 1 aromatic rings. The first-order valence-electron chi connectivity index (χ1n) is 5.58. The minimum atomic E-state index is -0.599. The van der Waals surface area contributed by atoms with Crippen LogP contribution >= 0.6 is 0 Å². The summed E-state index contributed by atoms with van der Waals surface area (Å²) in [6, 6.07) is 8.68. The molecular formula is C13H14N2O2. The van der Waals surface area contributed by atoms with Gasteiger partial charge in [0.25, 0.3) is 0 Å². The molecule has 1 N–H and O–H groups in total. The third-order valence-corrected chi connectivity index (χ3v) is 2.79. The van der Waals surface area contributed by atoms with Crippen LogP contribution in [0.25, 0.3) is 0 Å². The number of carbonyl (C=O) groups excluding carboxylic acids is 1. The third kappa shape index (κ3) is 2.76. The van der Waals surface area contributed by atoms with Crippen LogP contribution in [0.4, 0.5) is 0 Å².